The third kappa shape index (κ3) is 5.80. The summed E-state index contributed by atoms with van der Waals surface area (Å²) in [6.07, 6.45) is 0.622. The van der Waals surface area contributed by atoms with Crippen molar-refractivity contribution in [3.05, 3.63) is 24.3 Å². The number of aliphatic carboxylic acids is 1. The minimum atomic E-state index is -0.806. The van der Waals surface area contributed by atoms with Gasteiger partial charge in [0.1, 0.15) is 18.1 Å². The number of hydrogen-bond acceptors (Lipinski definition) is 3. The van der Waals surface area contributed by atoms with E-state index in [0.29, 0.717) is 25.4 Å². The number of rotatable bonds is 7. The van der Waals surface area contributed by atoms with Gasteiger partial charge in [0.15, 0.2) is 0 Å². The lowest BCUT2D eigenvalue weighted by Crippen LogP contribution is -2.02. The second-order valence-corrected chi connectivity index (χ2v) is 3.53. The predicted molar refractivity (Wildman–Crippen MR) is 67.8 cm³/mol. The Morgan fingerprint density at radius 3 is 2.39 bits per heavy atom. The number of hydrogen-bond donors (Lipinski definition) is 1. The van der Waals surface area contributed by atoms with Crippen LogP contribution in [0.5, 0.6) is 11.5 Å². The first-order valence-electron chi connectivity index (χ1n) is 5.69. The van der Waals surface area contributed by atoms with Crippen LogP contribution in [0.15, 0.2) is 24.3 Å². The Kier molecular flexibility index (Phi) is 6.20. The zero-order valence-electron chi connectivity index (χ0n) is 10.3. The van der Waals surface area contributed by atoms with Crippen LogP contribution in [0.1, 0.15) is 19.8 Å². The van der Waals surface area contributed by atoms with Gasteiger partial charge in [-0.15, -0.1) is 5.92 Å². The van der Waals surface area contributed by atoms with E-state index in [9.17, 15) is 4.79 Å². The van der Waals surface area contributed by atoms with Gasteiger partial charge in [0.05, 0.1) is 6.61 Å². The molecular formula is C14H16O4. The number of carbonyl (C=O) groups is 1. The van der Waals surface area contributed by atoms with E-state index in [1.807, 2.05) is 0 Å². The molecule has 18 heavy (non-hydrogen) atoms. The van der Waals surface area contributed by atoms with Crippen molar-refractivity contribution in [1.82, 2.24) is 0 Å². The van der Waals surface area contributed by atoms with Gasteiger partial charge in [-0.1, -0.05) is 5.92 Å². The Balaban J connectivity index is 2.30. The zero-order chi connectivity index (χ0) is 13.2. The van der Waals surface area contributed by atoms with Crippen LogP contribution in [0.3, 0.4) is 0 Å². The summed E-state index contributed by atoms with van der Waals surface area (Å²) in [5, 5.41) is 8.47. The molecular weight excluding hydrogens is 232 g/mol. The molecule has 0 aromatic heterocycles. The summed E-state index contributed by atoms with van der Waals surface area (Å²) in [7, 11) is 0. The largest absolute Gasteiger partial charge is 0.494 e. The van der Waals surface area contributed by atoms with Gasteiger partial charge >= 0.3 is 5.97 Å². The van der Waals surface area contributed by atoms with E-state index in [1.54, 1.807) is 31.2 Å². The first-order chi connectivity index (χ1) is 8.72. The van der Waals surface area contributed by atoms with E-state index in [4.69, 9.17) is 14.6 Å². The highest BCUT2D eigenvalue weighted by Crippen LogP contribution is 2.17. The molecule has 1 rings (SSSR count). The van der Waals surface area contributed by atoms with Gasteiger partial charge in [-0.05, 0) is 37.6 Å². The Labute approximate surface area is 107 Å². The van der Waals surface area contributed by atoms with Crippen molar-refractivity contribution in [1.29, 1.82) is 0 Å². The fourth-order valence-corrected chi connectivity index (χ4v) is 1.24. The van der Waals surface area contributed by atoms with Gasteiger partial charge in [-0.3, -0.25) is 4.79 Å². The van der Waals surface area contributed by atoms with Crippen LogP contribution < -0.4 is 9.47 Å². The quantitative estimate of drug-likeness (QED) is 0.594. The predicted octanol–water partition coefficient (Wildman–Crippen LogP) is 2.33. The molecule has 1 N–H and O–H groups in total. The molecule has 0 bridgehead atoms. The van der Waals surface area contributed by atoms with Crippen LogP contribution in [0.2, 0.25) is 0 Å². The highest BCUT2D eigenvalue weighted by molar-refractivity contribution is 5.66. The van der Waals surface area contributed by atoms with Crippen LogP contribution in [-0.2, 0) is 4.79 Å². The average Bonchev–Trinajstić information content (AvgIpc) is 2.36. The molecule has 4 heteroatoms. The summed E-state index contributed by atoms with van der Waals surface area (Å²) in [5.74, 6) is 6.18. The first kappa shape index (κ1) is 13.9. The highest BCUT2D eigenvalue weighted by atomic mass is 16.5. The Morgan fingerprint density at radius 2 is 1.83 bits per heavy atom. The summed E-state index contributed by atoms with van der Waals surface area (Å²) < 4.78 is 10.7. The van der Waals surface area contributed by atoms with Crippen molar-refractivity contribution in [2.24, 2.45) is 0 Å². The van der Waals surface area contributed by atoms with Crippen LogP contribution in [0, 0.1) is 11.8 Å². The summed E-state index contributed by atoms with van der Waals surface area (Å²) >= 11 is 0. The summed E-state index contributed by atoms with van der Waals surface area (Å²) in [6.45, 7) is 2.53. The molecule has 0 aliphatic heterocycles. The summed E-state index contributed by atoms with van der Waals surface area (Å²) in [5.41, 5.74) is 0. The summed E-state index contributed by atoms with van der Waals surface area (Å²) in [6, 6.07) is 7.17. The smallest absolute Gasteiger partial charge is 0.303 e. The lowest BCUT2D eigenvalue weighted by Gasteiger charge is -2.06. The molecule has 0 amide bonds. The second-order valence-electron chi connectivity index (χ2n) is 3.53. The number of benzene rings is 1. The van der Waals surface area contributed by atoms with Gasteiger partial charge in [0, 0.05) is 6.42 Å². The molecule has 0 saturated carbocycles. The highest BCUT2D eigenvalue weighted by Gasteiger charge is 1.98. The van der Waals surface area contributed by atoms with E-state index < -0.39 is 5.97 Å². The van der Waals surface area contributed by atoms with E-state index in [0.717, 1.165) is 5.75 Å². The van der Waals surface area contributed by atoms with E-state index >= 15 is 0 Å². The number of carboxylic acids is 1. The topological polar surface area (TPSA) is 55.8 Å². The number of ether oxygens (including phenoxy) is 2. The monoisotopic (exact) mass is 248 g/mol. The molecule has 0 heterocycles. The molecule has 96 valence electrons. The van der Waals surface area contributed by atoms with Crippen molar-refractivity contribution in [2.75, 3.05) is 13.2 Å². The molecule has 1 aromatic rings. The molecule has 1 aromatic carbocycles. The Bertz CT molecular complexity index is 425. The maximum Gasteiger partial charge on any atom is 0.303 e. The van der Waals surface area contributed by atoms with Crippen LogP contribution in [-0.4, -0.2) is 24.3 Å². The SMILES string of the molecule is CC#CCOc1ccc(OCCCC(=O)O)cc1. The Morgan fingerprint density at radius 1 is 1.22 bits per heavy atom. The summed E-state index contributed by atoms with van der Waals surface area (Å²) in [4.78, 5) is 10.3. The van der Waals surface area contributed by atoms with E-state index in [-0.39, 0.29) is 6.42 Å². The molecule has 4 nitrogen and oxygen atoms in total. The maximum absolute atomic E-state index is 10.3. The number of carboxylic acid groups (broad SMARTS) is 1. The maximum atomic E-state index is 10.3. The minimum Gasteiger partial charge on any atom is -0.494 e. The normalized spacial score (nSPS) is 9.17. The Hall–Kier alpha value is -2.15. The first-order valence-corrected chi connectivity index (χ1v) is 5.69. The molecule has 0 saturated heterocycles. The van der Waals surface area contributed by atoms with Gasteiger partial charge in [-0.25, -0.2) is 0 Å². The van der Waals surface area contributed by atoms with Crippen molar-refractivity contribution < 1.29 is 19.4 Å². The van der Waals surface area contributed by atoms with Crippen LogP contribution >= 0.6 is 0 Å². The van der Waals surface area contributed by atoms with Crippen LogP contribution in [0.4, 0.5) is 0 Å². The molecule has 0 aliphatic carbocycles. The van der Waals surface area contributed by atoms with Gasteiger partial charge < -0.3 is 14.6 Å². The minimum absolute atomic E-state index is 0.122. The van der Waals surface area contributed by atoms with Gasteiger partial charge in [0.25, 0.3) is 0 Å². The van der Waals surface area contributed by atoms with E-state index in [2.05, 4.69) is 11.8 Å². The fraction of sp³-hybridized carbons (Fsp3) is 0.357. The second kappa shape index (κ2) is 8.02. The van der Waals surface area contributed by atoms with Gasteiger partial charge in [-0.2, -0.15) is 0 Å². The third-order valence-electron chi connectivity index (χ3n) is 2.12. The lowest BCUT2D eigenvalue weighted by atomic mass is 10.3. The molecule has 0 unspecified atom stereocenters. The third-order valence-corrected chi connectivity index (χ3v) is 2.12. The molecule has 0 aliphatic rings. The van der Waals surface area contributed by atoms with Crippen molar-refractivity contribution >= 4 is 5.97 Å². The molecule has 0 spiro atoms. The standard InChI is InChI=1S/C14H16O4/c1-2-3-10-17-12-6-8-13(9-7-12)18-11-4-5-14(15)16/h6-9H,4-5,10-11H2,1H3,(H,15,16). The molecule has 0 radical (unpaired) electrons. The average molecular weight is 248 g/mol. The molecule has 0 atom stereocenters. The lowest BCUT2D eigenvalue weighted by molar-refractivity contribution is -0.137. The van der Waals surface area contributed by atoms with Crippen LogP contribution in [0.25, 0.3) is 0 Å². The fourth-order valence-electron chi connectivity index (χ4n) is 1.24. The van der Waals surface area contributed by atoms with Crippen molar-refractivity contribution in [2.45, 2.75) is 19.8 Å². The molecule has 0 fully saturated rings. The zero-order valence-corrected chi connectivity index (χ0v) is 10.3. The van der Waals surface area contributed by atoms with E-state index in [1.165, 1.54) is 0 Å². The van der Waals surface area contributed by atoms with Crippen molar-refractivity contribution in [3.8, 4) is 23.3 Å². The van der Waals surface area contributed by atoms with Crippen molar-refractivity contribution in [3.63, 3.8) is 0 Å². The van der Waals surface area contributed by atoms with Gasteiger partial charge in [0.2, 0.25) is 0 Å².